The van der Waals surface area contributed by atoms with Gasteiger partial charge in [-0.15, -0.1) is 0 Å². The number of hydrogen-bond acceptors (Lipinski definition) is 5. The molecule has 25 heavy (non-hydrogen) atoms. The second-order valence-electron chi connectivity index (χ2n) is 6.83. The van der Waals surface area contributed by atoms with Gasteiger partial charge in [0.05, 0.1) is 17.7 Å². The summed E-state index contributed by atoms with van der Waals surface area (Å²) in [7, 11) is 0. The molecule has 1 saturated heterocycles. The van der Waals surface area contributed by atoms with Gasteiger partial charge in [-0.1, -0.05) is 6.07 Å². The van der Waals surface area contributed by atoms with E-state index in [4.69, 9.17) is 10.00 Å². The lowest BCUT2D eigenvalue weighted by Gasteiger charge is -2.39. The topological polar surface area (TPSA) is 76.8 Å². The van der Waals surface area contributed by atoms with Crippen molar-refractivity contribution in [1.82, 2.24) is 9.80 Å². The van der Waals surface area contributed by atoms with Gasteiger partial charge in [-0.3, -0.25) is 9.69 Å². The minimum absolute atomic E-state index is 0.0334. The number of nitrogens with zero attached hydrogens (tertiary/aromatic N) is 3. The maximum atomic E-state index is 12.6. The van der Waals surface area contributed by atoms with Gasteiger partial charge in [0.2, 0.25) is 0 Å². The molecule has 0 aromatic heterocycles. The summed E-state index contributed by atoms with van der Waals surface area (Å²) in [5, 5.41) is 19.0. The molecule has 1 amide bonds. The number of carbonyl (C=O) groups is 1. The van der Waals surface area contributed by atoms with Crippen molar-refractivity contribution >= 4 is 5.91 Å². The van der Waals surface area contributed by atoms with E-state index in [1.165, 1.54) is 0 Å². The van der Waals surface area contributed by atoms with Crippen LogP contribution in [0.3, 0.4) is 0 Å². The Kier molecular flexibility index (Phi) is 5.57. The average Bonchev–Trinajstić information content (AvgIpc) is 3.07. The Morgan fingerprint density at radius 3 is 2.72 bits per heavy atom. The van der Waals surface area contributed by atoms with E-state index in [0.29, 0.717) is 24.4 Å². The molecule has 134 valence electrons. The monoisotopic (exact) mass is 343 g/mol. The van der Waals surface area contributed by atoms with Crippen LogP contribution in [-0.2, 0) is 4.79 Å². The van der Waals surface area contributed by atoms with E-state index in [9.17, 15) is 9.90 Å². The number of rotatable bonds is 4. The minimum atomic E-state index is -0.586. The van der Waals surface area contributed by atoms with Gasteiger partial charge >= 0.3 is 0 Å². The Bertz CT molecular complexity index is 650. The Hall–Kier alpha value is -2.10. The van der Waals surface area contributed by atoms with Gasteiger partial charge < -0.3 is 14.7 Å². The summed E-state index contributed by atoms with van der Waals surface area (Å²) < 4.78 is 5.72. The van der Waals surface area contributed by atoms with Gasteiger partial charge in [-0.25, -0.2) is 0 Å². The van der Waals surface area contributed by atoms with Crippen molar-refractivity contribution in [1.29, 1.82) is 5.26 Å². The highest BCUT2D eigenvalue weighted by atomic mass is 16.5. The molecule has 3 rings (SSSR count). The second kappa shape index (κ2) is 7.85. The quantitative estimate of drug-likeness (QED) is 0.894. The molecule has 2 fully saturated rings. The van der Waals surface area contributed by atoms with Gasteiger partial charge in [-0.05, 0) is 44.4 Å². The third-order valence-electron chi connectivity index (χ3n) is 5.16. The van der Waals surface area contributed by atoms with E-state index in [-0.39, 0.29) is 18.1 Å². The van der Waals surface area contributed by atoms with Crippen molar-refractivity contribution < 1.29 is 14.6 Å². The van der Waals surface area contributed by atoms with Crippen LogP contribution in [0.25, 0.3) is 0 Å². The third kappa shape index (κ3) is 4.12. The first-order valence-corrected chi connectivity index (χ1v) is 8.96. The predicted octanol–water partition coefficient (Wildman–Crippen LogP) is 1.38. The fraction of sp³-hybridized carbons (Fsp3) is 0.579. The van der Waals surface area contributed by atoms with Gasteiger partial charge in [0.15, 0.2) is 6.10 Å². The van der Waals surface area contributed by atoms with Crippen molar-refractivity contribution in [3.63, 3.8) is 0 Å². The van der Waals surface area contributed by atoms with E-state index >= 15 is 0 Å². The average molecular weight is 343 g/mol. The van der Waals surface area contributed by atoms with Crippen molar-refractivity contribution in [3.05, 3.63) is 29.8 Å². The lowest BCUT2D eigenvalue weighted by molar-refractivity contribution is -0.140. The molecule has 1 aliphatic heterocycles. The van der Waals surface area contributed by atoms with E-state index in [1.54, 1.807) is 31.2 Å². The zero-order valence-electron chi connectivity index (χ0n) is 14.6. The molecule has 1 heterocycles. The van der Waals surface area contributed by atoms with Gasteiger partial charge in [0.1, 0.15) is 5.75 Å². The molecule has 2 aliphatic rings. The molecule has 0 radical (unpaired) electrons. The standard InChI is InChI=1S/C19H25N3O3/c1-14(25-16-5-2-4-15(12-16)13-20)19(24)22-10-8-21(9-11-22)17-6-3-7-18(17)23/h2,4-5,12,14,17-18,23H,3,6-11H2,1H3/t14-,17+,18+/m0/s1. The lowest BCUT2D eigenvalue weighted by Crippen LogP contribution is -2.55. The number of benzene rings is 1. The summed E-state index contributed by atoms with van der Waals surface area (Å²) >= 11 is 0. The first-order chi connectivity index (χ1) is 12.1. The number of amides is 1. The van der Waals surface area contributed by atoms with Crippen molar-refractivity contribution in [3.8, 4) is 11.8 Å². The minimum Gasteiger partial charge on any atom is -0.481 e. The molecule has 1 aromatic rings. The van der Waals surface area contributed by atoms with E-state index in [2.05, 4.69) is 11.0 Å². The van der Waals surface area contributed by atoms with Crippen LogP contribution in [0.15, 0.2) is 24.3 Å². The summed E-state index contributed by atoms with van der Waals surface area (Å²) in [6, 6.07) is 9.16. The maximum Gasteiger partial charge on any atom is 0.263 e. The molecule has 0 bridgehead atoms. The first kappa shape index (κ1) is 17.7. The highest BCUT2D eigenvalue weighted by molar-refractivity contribution is 5.81. The normalized spacial score (nSPS) is 25.4. The number of piperazine rings is 1. The van der Waals surface area contributed by atoms with Gasteiger partial charge in [0.25, 0.3) is 5.91 Å². The van der Waals surface area contributed by atoms with Crippen LogP contribution in [-0.4, -0.2) is 65.2 Å². The Morgan fingerprint density at radius 1 is 1.32 bits per heavy atom. The third-order valence-corrected chi connectivity index (χ3v) is 5.16. The molecule has 6 heteroatoms. The largest absolute Gasteiger partial charge is 0.481 e. The smallest absolute Gasteiger partial charge is 0.263 e. The van der Waals surface area contributed by atoms with E-state index < -0.39 is 6.10 Å². The van der Waals surface area contributed by atoms with Crippen LogP contribution in [0.2, 0.25) is 0 Å². The molecule has 3 atom stereocenters. The fourth-order valence-electron chi connectivity index (χ4n) is 3.77. The van der Waals surface area contributed by atoms with Crippen LogP contribution < -0.4 is 4.74 Å². The van der Waals surface area contributed by atoms with Crippen LogP contribution in [0.1, 0.15) is 31.7 Å². The number of nitriles is 1. The molecule has 0 spiro atoms. The Morgan fingerprint density at radius 2 is 2.08 bits per heavy atom. The highest BCUT2D eigenvalue weighted by Gasteiger charge is 2.34. The zero-order valence-corrected chi connectivity index (χ0v) is 14.6. The fourth-order valence-corrected chi connectivity index (χ4v) is 3.77. The molecule has 6 nitrogen and oxygen atoms in total. The Labute approximate surface area is 148 Å². The summed E-state index contributed by atoms with van der Waals surface area (Å²) in [6.07, 6.45) is 2.20. The van der Waals surface area contributed by atoms with Gasteiger partial charge in [-0.2, -0.15) is 5.26 Å². The Balaban J connectivity index is 1.52. The van der Waals surface area contributed by atoms with E-state index in [1.807, 2.05) is 4.90 Å². The molecule has 1 saturated carbocycles. The highest BCUT2D eigenvalue weighted by Crippen LogP contribution is 2.25. The SMILES string of the molecule is C[C@H](Oc1cccc(C#N)c1)C(=O)N1CCN([C@@H]2CCC[C@H]2O)CC1. The predicted molar refractivity (Wildman–Crippen MR) is 93.0 cm³/mol. The molecule has 1 aliphatic carbocycles. The summed E-state index contributed by atoms with van der Waals surface area (Å²) in [5.41, 5.74) is 0.515. The number of carbonyl (C=O) groups excluding carboxylic acids is 1. The van der Waals surface area contributed by atoms with Crippen molar-refractivity contribution in [2.24, 2.45) is 0 Å². The first-order valence-electron chi connectivity index (χ1n) is 8.96. The molecule has 1 aromatic carbocycles. The molecular weight excluding hydrogens is 318 g/mol. The van der Waals surface area contributed by atoms with Crippen molar-refractivity contribution in [2.75, 3.05) is 26.2 Å². The zero-order chi connectivity index (χ0) is 17.8. The van der Waals surface area contributed by atoms with Crippen LogP contribution in [0.5, 0.6) is 5.75 Å². The number of ether oxygens (including phenoxy) is 1. The summed E-state index contributed by atoms with van der Waals surface area (Å²) in [5.74, 6) is 0.501. The lowest BCUT2D eigenvalue weighted by atomic mass is 10.1. The number of hydrogen-bond donors (Lipinski definition) is 1. The number of aliphatic hydroxyl groups excluding tert-OH is 1. The van der Waals surface area contributed by atoms with E-state index in [0.717, 1.165) is 32.4 Å². The van der Waals surface area contributed by atoms with Crippen LogP contribution in [0, 0.1) is 11.3 Å². The van der Waals surface area contributed by atoms with Crippen LogP contribution in [0.4, 0.5) is 0 Å². The van der Waals surface area contributed by atoms with Crippen LogP contribution >= 0.6 is 0 Å². The summed E-state index contributed by atoms with van der Waals surface area (Å²) in [6.45, 7) is 4.66. The summed E-state index contributed by atoms with van der Waals surface area (Å²) in [4.78, 5) is 16.8. The molecule has 0 unspecified atom stereocenters. The molecule has 1 N–H and O–H groups in total. The van der Waals surface area contributed by atoms with Gasteiger partial charge in [0, 0.05) is 32.2 Å². The second-order valence-corrected chi connectivity index (χ2v) is 6.83. The van der Waals surface area contributed by atoms with Crippen molar-refractivity contribution in [2.45, 2.75) is 44.4 Å². The maximum absolute atomic E-state index is 12.6. The molecular formula is C19H25N3O3. The number of aliphatic hydroxyl groups is 1.